The van der Waals surface area contributed by atoms with Gasteiger partial charge < -0.3 is 10.4 Å². The average Bonchev–Trinajstić information content (AvgIpc) is 2.15. The van der Waals surface area contributed by atoms with Crippen molar-refractivity contribution in [2.45, 2.75) is 12.8 Å². The van der Waals surface area contributed by atoms with Crippen LogP contribution in [0.15, 0.2) is 6.07 Å². The van der Waals surface area contributed by atoms with Gasteiger partial charge in [0.1, 0.15) is 0 Å². The van der Waals surface area contributed by atoms with Crippen molar-refractivity contribution in [1.29, 1.82) is 0 Å². The molecule has 0 saturated carbocycles. The van der Waals surface area contributed by atoms with Crippen LogP contribution >= 0.6 is 34.2 Å². The summed E-state index contributed by atoms with van der Waals surface area (Å²) in [6.45, 7) is 0.914. The highest BCUT2D eigenvalue weighted by Crippen LogP contribution is 2.39. The summed E-state index contributed by atoms with van der Waals surface area (Å²) in [5, 5.41) is 13.3. The van der Waals surface area contributed by atoms with Crippen LogP contribution in [0.2, 0.25) is 5.02 Å². The van der Waals surface area contributed by atoms with Gasteiger partial charge in [0, 0.05) is 10.1 Å². The second-order valence-electron chi connectivity index (χ2n) is 3.07. The number of hydrogen-bond acceptors (Lipinski definition) is 2. The maximum absolute atomic E-state index is 9.67. The molecule has 0 radical (unpaired) electrons. The number of phenols is 1. The highest BCUT2D eigenvalue weighted by atomic mass is 127. The van der Waals surface area contributed by atoms with E-state index in [4.69, 9.17) is 11.6 Å². The third kappa shape index (κ3) is 1.59. The third-order valence-corrected chi connectivity index (χ3v) is 3.46. The monoisotopic (exact) mass is 309 g/mol. The Bertz CT molecular complexity index is 354. The summed E-state index contributed by atoms with van der Waals surface area (Å²) in [6, 6.07) is 1.81. The largest absolute Gasteiger partial charge is 0.504 e. The summed E-state index contributed by atoms with van der Waals surface area (Å²) in [7, 11) is 0. The molecule has 1 aliphatic rings. The molecule has 0 amide bonds. The molecule has 2 nitrogen and oxygen atoms in total. The molecule has 0 fully saturated rings. The van der Waals surface area contributed by atoms with Crippen molar-refractivity contribution < 1.29 is 5.11 Å². The highest BCUT2D eigenvalue weighted by Gasteiger charge is 2.17. The van der Waals surface area contributed by atoms with E-state index in [1.165, 1.54) is 5.56 Å². The molecular weight excluding hydrogens is 300 g/mol. The predicted octanol–water partition coefficient (Wildman–Crippen LogP) is 3.01. The molecule has 0 aromatic heterocycles. The van der Waals surface area contributed by atoms with E-state index in [1.807, 2.05) is 6.07 Å². The standard InChI is InChI=1S/C9H9ClINO/c10-6-4-7(11)5-2-1-3-12-8(5)9(6)13/h4,12-13H,1-3H2. The number of nitrogens with one attached hydrogen (secondary N) is 1. The Kier molecular flexibility index (Phi) is 2.55. The molecule has 1 aromatic rings. The molecule has 1 aromatic carbocycles. The van der Waals surface area contributed by atoms with Crippen LogP contribution in [0.3, 0.4) is 0 Å². The van der Waals surface area contributed by atoms with Gasteiger partial charge in [0.15, 0.2) is 5.75 Å². The summed E-state index contributed by atoms with van der Waals surface area (Å²) >= 11 is 8.11. The van der Waals surface area contributed by atoms with Crippen molar-refractivity contribution in [3.05, 3.63) is 20.2 Å². The van der Waals surface area contributed by atoms with Gasteiger partial charge in [-0.15, -0.1) is 0 Å². The van der Waals surface area contributed by atoms with Crippen molar-refractivity contribution in [3.8, 4) is 5.75 Å². The fraction of sp³-hybridized carbons (Fsp3) is 0.333. The Hall–Kier alpha value is -0.160. The van der Waals surface area contributed by atoms with Crippen LogP contribution in [0.5, 0.6) is 5.75 Å². The first-order valence-electron chi connectivity index (χ1n) is 4.14. The van der Waals surface area contributed by atoms with Gasteiger partial charge in [-0.05, 0) is 47.1 Å². The number of phenolic OH excluding ortho intramolecular Hbond substituents is 1. The van der Waals surface area contributed by atoms with E-state index in [2.05, 4.69) is 27.9 Å². The van der Waals surface area contributed by atoms with Crippen molar-refractivity contribution in [2.75, 3.05) is 11.9 Å². The number of benzene rings is 1. The molecule has 0 unspecified atom stereocenters. The number of hydrogen-bond donors (Lipinski definition) is 2. The molecule has 0 aliphatic carbocycles. The van der Waals surface area contributed by atoms with Crippen LogP contribution in [0.25, 0.3) is 0 Å². The van der Waals surface area contributed by atoms with Crippen molar-refractivity contribution in [3.63, 3.8) is 0 Å². The molecule has 2 rings (SSSR count). The maximum Gasteiger partial charge on any atom is 0.157 e. The smallest absolute Gasteiger partial charge is 0.157 e. The van der Waals surface area contributed by atoms with Crippen LogP contribution in [-0.4, -0.2) is 11.7 Å². The molecule has 0 spiro atoms. The summed E-state index contributed by atoms with van der Waals surface area (Å²) in [5.74, 6) is 0.191. The molecule has 2 N–H and O–H groups in total. The van der Waals surface area contributed by atoms with E-state index >= 15 is 0 Å². The molecule has 13 heavy (non-hydrogen) atoms. The third-order valence-electron chi connectivity index (χ3n) is 2.21. The zero-order valence-electron chi connectivity index (χ0n) is 6.90. The Labute approximate surface area is 95.4 Å². The maximum atomic E-state index is 9.67. The number of anilines is 1. The summed E-state index contributed by atoms with van der Waals surface area (Å²) in [6.07, 6.45) is 2.13. The minimum Gasteiger partial charge on any atom is -0.504 e. The van der Waals surface area contributed by atoms with E-state index in [1.54, 1.807) is 0 Å². The van der Waals surface area contributed by atoms with Gasteiger partial charge in [-0.3, -0.25) is 0 Å². The van der Waals surface area contributed by atoms with Gasteiger partial charge in [0.05, 0.1) is 10.7 Å². The van der Waals surface area contributed by atoms with Crippen LogP contribution in [0, 0.1) is 3.57 Å². The molecule has 4 heteroatoms. The molecule has 1 aliphatic heterocycles. The number of rotatable bonds is 0. The molecular formula is C9H9ClINO. The number of aromatic hydroxyl groups is 1. The number of fused-ring (bicyclic) bond motifs is 1. The topological polar surface area (TPSA) is 32.3 Å². The first-order chi connectivity index (χ1) is 6.20. The van der Waals surface area contributed by atoms with E-state index in [0.717, 1.165) is 28.6 Å². The Morgan fingerprint density at radius 1 is 1.54 bits per heavy atom. The quantitative estimate of drug-likeness (QED) is 0.570. The Morgan fingerprint density at radius 3 is 3.08 bits per heavy atom. The summed E-state index contributed by atoms with van der Waals surface area (Å²) < 4.78 is 1.13. The zero-order valence-corrected chi connectivity index (χ0v) is 9.82. The first kappa shape index (κ1) is 9.40. The Balaban J connectivity index is 2.63. The van der Waals surface area contributed by atoms with E-state index in [9.17, 15) is 5.11 Å². The lowest BCUT2D eigenvalue weighted by molar-refractivity contribution is 0.475. The minimum atomic E-state index is 0.191. The lowest BCUT2D eigenvalue weighted by atomic mass is 10.0. The highest BCUT2D eigenvalue weighted by molar-refractivity contribution is 14.1. The summed E-state index contributed by atoms with van der Waals surface area (Å²) in [5.41, 5.74) is 2.01. The van der Waals surface area contributed by atoms with Gasteiger partial charge in [-0.2, -0.15) is 0 Å². The first-order valence-corrected chi connectivity index (χ1v) is 5.59. The lowest BCUT2D eigenvalue weighted by Gasteiger charge is -2.20. The van der Waals surface area contributed by atoms with Gasteiger partial charge in [-0.1, -0.05) is 11.6 Å². The van der Waals surface area contributed by atoms with Crippen molar-refractivity contribution in [2.24, 2.45) is 0 Å². The fourth-order valence-corrected chi connectivity index (χ4v) is 2.80. The van der Waals surface area contributed by atoms with Crippen LogP contribution in [0.4, 0.5) is 5.69 Å². The van der Waals surface area contributed by atoms with Gasteiger partial charge in [-0.25, -0.2) is 0 Å². The van der Waals surface area contributed by atoms with E-state index < -0.39 is 0 Å². The average molecular weight is 310 g/mol. The molecule has 0 atom stereocenters. The van der Waals surface area contributed by atoms with Crippen molar-refractivity contribution in [1.82, 2.24) is 0 Å². The second-order valence-corrected chi connectivity index (χ2v) is 4.64. The van der Waals surface area contributed by atoms with Gasteiger partial charge in [0.25, 0.3) is 0 Å². The summed E-state index contributed by atoms with van der Waals surface area (Å²) in [4.78, 5) is 0. The second kappa shape index (κ2) is 3.53. The molecule has 0 saturated heterocycles. The molecule has 0 bridgehead atoms. The van der Waals surface area contributed by atoms with Crippen LogP contribution < -0.4 is 5.32 Å². The minimum absolute atomic E-state index is 0.191. The predicted molar refractivity (Wildman–Crippen MR) is 62.6 cm³/mol. The normalized spacial score (nSPS) is 14.9. The molecule has 1 heterocycles. The van der Waals surface area contributed by atoms with Crippen LogP contribution in [-0.2, 0) is 6.42 Å². The van der Waals surface area contributed by atoms with Crippen LogP contribution in [0.1, 0.15) is 12.0 Å². The number of halogens is 2. The fourth-order valence-electron chi connectivity index (χ4n) is 1.56. The Morgan fingerprint density at radius 2 is 2.31 bits per heavy atom. The molecule has 70 valence electrons. The zero-order chi connectivity index (χ0) is 9.42. The van der Waals surface area contributed by atoms with E-state index in [-0.39, 0.29) is 5.75 Å². The van der Waals surface area contributed by atoms with E-state index in [0.29, 0.717) is 5.02 Å². The SMILES string of the molecule is Oc1c(Cl)cc(I)c2c1NCCC2. The van der Waals surface area contributed by atoms with Gasteiger partial charge in [0.2, 0.25) is 0 Å². The van der Waals surface area contributed by atoms with Crippen molar-refractivity contribution >= 4 is 39.9 Å². The lowest BCUT2D eigenvalue weighted by Crippen LogP contribution is -2.13. The van der Waals surface area contributed by atoms with Gasteiger partial charge >= 0.3 is 0 Å².